The van der Waals surface area contributed by atoms with Crippen LogP contribution in [0.1, 0.15) is 10.4 Å². The minimum absolute atomic E-state index is 0.298. The van der Waals surface area contributed by atoms with Gasteiger partial charge in [0.15, 0.2) is 11.5 Å². The second-order valence-corrected chi connectivity index (χ2v) is 6.26. The number of hydrogen-bond donors (Lipinski definition) is 1. The highest BCUT2D eigenvalue weighted by Crippen LogP contribution is 2.31. The van der Waals surface area contributed by atoms with Gasteiger partial charge in [-0.05, 0) is 54.6 Å². The summed E-state index contributed by atoms with van der Waals surface area (Å²) in [5.41, 5.74) is 1.01. The van der Waals surface area contributed by atoms with Crippen molar-refractivity contribution in [2.75, 3.05) is 12.4 Å². The molecule has 0 unspecified atom stereocenters. The van der Waals surface area contributed by atoms with Crippen LogP contribution in [-0.4, -0.2) is 13.0 Å². The summed E-state index contributed by atoms with van der Waals surface area (Å²) in [6.45, 7) is 0. The van der Waals surface area contributed by atoms with Gasteiger partial charge in [-0.25, -0.2) is 0 Å². The van der Waals surface area contributed by atoms with Crippen LogP contribution in [0.25, 0.3) is 0 Å². The highest BCUT2D eigenvalue weighted by atomic mass is 35.5. The van der Waals surface area contributed by atoms with Crippen LogP contribution in [0.2, 0.25) is 10.0 Å². The van der Waals surface area contributed by atoms with E-state index in [0.29, 0.717) is 38.5 Å². The zero-order valence-corrected chi connectivity index (χ0v) is 15.3. The van der Waals surface area contributed by atoms with Gasteiger partial charge in [0.1, 0.15) is 5.75 Å². The highest BCUT2D eigenvalue weighted by molar-refractivity contribution is 6.35. The molecule has 0 saturated heterocycles. The Morgan fingerprint density at radius 3 is 2.12 bits per heavy atom. The summed E-state index contributed by atoms with van der Waals surface area (Å²) >= 11 is 11.9. The van der Waals surface area contributed by atoms with E-state index in [0.717, 1.165) is 0 Å². The monoisotopic (exact) mass is 387 g/mol. The van der Waals surface area contributed by atoms with E-state index in [2.05, 4.69) is 5.32 Å². The molecule has 3 rings (SSSR count). The van der Waals surface area contributed by atoms with Crippen LogP contribution in [0.4, 0.5) is 5.69 Å². The van der Waals surface area contributed by atoms with Crippen LogP contribution in [0.3, 0.4) is 0 Å². The molecule has 0 aliphatic heterocycles. The Bertz CT molecular complexity index is 906. The maximum absolute atomic E-state index is 12.3. The predicted octanol–water partition coefficient (Wildman–Crippen LogP) is 6.05. The molecule has 0 fully saturated rings. The van der Waals surface area contributed by atoms with Crippen LogP contribution in [0.15, 0.2) is 66.7 Å². The second kappa shape index (κ2) is 8.13. The first kappa shape index (κ1) is 18.1. The Hall–Kier alpha value is -2.69. The molecule has 0 heterocycles. The van der Waals surface area contributed by atoms with E-state index >= 15 is 0 Å². The lowest BCUT2D eigenvalue weighted by atomic mass is 10.2. The Balaban J connectivity index is 1.70. The van der Waals surface area contributed by atoms with Crippen molar-refractivity contribution in [3.05, 3.63) is 82.3 Å². The third kappa shape index (κ3) is 4.48. The number of ether oxygens (including phenoxy) is 2. The van der Waals surface area contributed by atoms with E-state index < -0.39 is 0 Å². The molecule has 0 spiro atoms. The molecule has 0 atom stereocenters. The van der Waals surface area contributed by atoms with Crippen molar-refractivity contribution in [3.8, 4) is 17.2 Å². The van der Waals surface area contributed by atoms with Gasteiger partial charge in [-0.3, -0.25) is 4.79 Å². The van der Waals surface area contributed by atoms with Crippen LogP contribution in [-0.2, 0) is 0 Å². The molecule has 0 aliphatic rings. The summed E-state index contributed by atoms with van der Waals surface area (Å²) in [4.78, 5) is 12.3. The number of methoxy groups -OCH3 is 1. The third-order valence-corrected chi connectivity index (χ3v) is 3.97. The first-order chi connectivity index (χ1) is 12.5. The molecule has 4 nitrogen and oxygen atoms in total. The van der Waals surface area contributed by atoms with E-state index in [1.165, 1.54) is 0 Å². The summed E-state index contributed by atoms with van der Waals surface area (Å²) in [6.07, 6.45) is 0. The Labute approximate surface area is 161 Å². The smallest absolute Gasteiger partial charge is 0.255 e. The molecule has 1 amide bonds. The van der Waals surface area contributed by atoms with Crippen LogP contribution < -0.4 is 14.8 Å². The third-order valence-electron chi connectivity index (χ3n) is 3.53. The molecule has 0 aromatic heterocycles. The molecular weight excluding hydrogens is 373 g/mol. The van der Waals surface area contributed by atoms with Gasteiger partial charge >= 0.3 is 0 Å². The van der Waals surface area contributed by atoms with Gasteiger partial charge in [0.2, 0.25) is 0 Å². The number of halogens is 2. The van der Waals surface area contributed by atoms with E-state index in [1.54, 1.807) is 49.6 Å². The summed E-state index contributed by atoms with van der Waals surface area (Å²) in [5.74, 6) is 1.58. The lowest BCUT2D eigenvalue weighted by molar-refractivity contribution is 0.102. The first-order valence-electron chi connectivity index (χ1n) is 7.73. The van der Waals surface area contributed by atoms with Gasteiger partial charge in [0.05, 0.1) is 7.11 Å². The number of rotatable bonds is 5. The number of carbonyl (C=O) groups excluding carboxylic acids is 1. The standard InChI is InChI=1S/C20H15Cl2NO3/c1-25-18-4-2-3-5-19(18)26-17-8-6-16(7-9-17)23-20(24)13-10-14(21)12-15(22)11-13/h2-12H,1H3,(H,23,24). The zero-order valence-electron chi connectivity index (χ0n) is 13.8. The van der Waals surface area contributed by atoms with Crippen molar-refractivity contribution >= 4 is 34.8 Å². The van der Waals surface area contributed by atoms with Crippen molar-refractivity contribution in [2.45, 2.75) is 0 Å². The Morgan fingerprint density at radius 2 is 1.50 bits per heavy atom. The molecule has 0 bridgehead atoms. The average molecular weight is 388 g/mol. The predicted molar refractivity (Wildman–Crippen MR) is 104 cm³/mol. The van der Waals surface area contributed by atoms with Gasteiger partial charge in [-0.1, -0.05) is 35.3 Å². The van der Waals surface area contributed by atoms with Crippen molar-refractivity contribution in [2.24, 2.45) is 0 Å². The van der Waals surface area contributed by atoms with Gasteiger partial charge in [0, 0.05) is 21.3 Å². The normalized spacial score (nSPS) is 10.3. The number of anilines is 1. The number of para-hydroxylation sites is 2. The largest absolute Gasteiger partial charge is 0.493 e. The fraction of sp³-hybridized carbons (Fsp3) is 0.0500. The van der Waals surface area contributed by atoms with E-state index in [1.807, 2.05) is 24.3 Å². The molecule has 132 valence electrons. The van der Waals surface area contributed by atoms with Gasteiger partial charge in [-0.2, -0.15) is 0 Å². The Kier molecular flexibility index (Phi) is 5.66. The van der Waals surface area contributed by atoms with Gasteiger partial charge in [-0.15, -0.1) is 0 Å². The minimum atomic E-state index is -0.298. The summed E-state index contributed by atoms with van der Waals surface area (Å²) < 4.78 is 11.1. The molecule has 6 heteroatoms. The van der Waals surface area contributed by atoms with E-state index in [4.69, 9.17) is 32.7 Å². The maximum Gasteiger partial charge on any atom is 0.255 e. The quantitative estimate of drug-likeness (QED) is 0.579. The number of carbonyl (C=O) groups is 1. The summed E-state index contributed by atoms with van der Waals surface area (Å²) in [6, 6.07) is 19.1. The molecule has 0 aliphatic carbocycles. The number of benzene rings is 3. The van der Waals surface area contributed by atoms with Gasteiger partial charge < -0.3 is 14.8 Å². The van der Waals surface area contributed by atoms with Crippen molar-refractivity contribution in [3.63, 3.8) is 0 Å². The lowest BCUT2D eigenvalue weighted by Gasteiger charge is -2.11. The molecule has 3 aromatic carbocycles. The fourth-order valence-electron chi connectivity index (χ4n) is 2.32. The maximum atomic E-state index is 12.3. The average Bonchev–Trinajstić information content (AvgIpc) is 2.63. The molecule has 0 radical (unpaired) electrons. The summed E-state index contributed by atoms with van der Waals surface area (Å²) in [7, 11) is 1.59. The van der Waals surface area contributed by atoms with Crippen molar-refractivity contribution in [1.29, 1.82) is 0 Å². The van der Waals surface area contributed by atoms with Crippen molar-refractivity contribution in [1.82, 2.24) is 0 Å². The number of amides is 1. The number of nitrogens with one attached hydrogen (secondary N) is 1. The minimum Gasteiger partial charge on any atom is -0.493 e. The topological polar surface area (TPSA) is 47.6 Å². The number of hydrogen-bond acceptors (Lipinski definition) is 3. The highest BCUT2D eigenvalue weighted by Gasteiger charge is 2.09. The molecular formula is C20H15Cl2NO3. The van der Waals surface area contributed by atoms with E-state index in [9.17, 15) is 4.79 Å². The molecule has 1 N–H and O–H groups in total. The van der Waals surface area contributed by atoms with Crippen LogP contribution >= 0.6 is 23.2 Å². The first-order valence-corrected chi connectivity index (χ1v) is 8.49. The second-order valence-electron chi connectivity index (χ2n) is 5.39. The SMILES string of the molecule is COc1ccccc1Oc1ccc(NC(=O)c2cc(Cl)cc(Cl)c2)cc1. The van der Waals surface area contributed by atoms with Crippen LogP contribution in [0.5, 0.6) is 17.2 Å². The molecule has 3 aromatic rings. The van der Waals surface area contributed by atoms with Crippen molar-refractivity contribution < 1.29 is 14.3 Å². The molecule has 26 heavy (non-hydrogen) atoms. The Morgan fingerprint density at radius 1 is 0.885 bits per heavy atom. The van der Waals surface area contributed by atoms with E-state index in [-0.39, 0.29) is 5.91 Å². The summed E-state index contributed by atoms with van der Waals surface area (Å²) in [5, 5.41) is 3.60. The molecule has 0 saturated carbocycles. The van der Waals surface area contributed by atoms with Gasteiger partial charge in [0.25, 0.3) is 5.91 Å². The van der Waals surface area contributed by atoms with Crippen LogP contribution in [0, 0.1) is 0 Å². The fourth-order valence-corrected chi connectivity index (χ4v) is 2.85. The lowest BCUT2D eigenvalue weighted by Crippen LogP contribution is -2.11. The zero-order chi connectivity index (χ0) is 18.5.